The van der Waals surface area contributed by atoms with E-state index in [2.05, 4.69) is 17.6 Å². The van der Waals surface area contributed by atoms with E-state index in [4.69, 9.17) is 4.98 Å². The van der Waals surface area contributed by atoms with Crippen molar-refractivity contribution in [2.75, 3.05) is 17.6 Å². The van der Waals surface area contributed by atoms with Crippen molar-refractivity contribution < 1.29 is 9.59 Å². The Morgan fingerprint density at radius 1 is 0.919 bits per heavy atom. The van der Waals surface area contributed by atoms with Gasteiger partial charge in [-0.2, -0.15) is 0 Å². The molecule has 190 valence electrons. The van der Waals surface area contributed by atoms with E-state index in [1.54, 1.807) is 28.8 Å². The number of hydrogen-bond acceptors (Lipinski definition) is 5. The number of fused-ring (bicyclic) bond motifs is 1. The Hall–Kier alpha value is -3.91. The third kappa shape index (κ3) is 6.65. The summed E-state index contributed by atoms with van der Waals surface area (Å²) in [6.07, 6.45) is 1.80. The maximum Gasteiger partial charge on any atom is 0.262 e. The molecule has 1 heterocycles. The van der Waals surface area contributed by atoms with Crippen molar-refractivity contribution in [1.82, 2.24) is 14.9 Å². The molecule has 0 fully saturated rings. The van der Waals surface area contributed by atoms with Crippen molar-refractivity contribution in [2.24, 2.45) is 0 Å². The van der Waals surface area contributed by atoms with Gasteiger partial charge in [-0.25, -0.2) is 4.98 Å². The first-order valence-electron chi connectivity index (χ1n) is 12.4. The molecule has 7 nitrogen and oxygen atoms in total. The predicted octanol–water partition coefficient (Wildman–Crippen LogP) is 4.88. The molecule has 0 spiro atoms. The number of carbonyl (C=O) groups excluding carboxylic acids is 2. The second kappa shape index (κ2) is 12.4. The molecule has 37 heavy (non-hydrogen) atoms. The van der Waals surface area contributed by atoms with Gasteiger partial charge < -0.3 is 10.6 Å². The Morgan fingerprint density at radius 2 is 1.62 bits per heavy atom. The summed E-state index contributed by atoms with van der Waals surface area (Å²) in [6, 6.07) is 22.1. The summed E-state index contributed by atoms with van der Waals surface area (Å²) in [6.45, 7) is 4.98. The molecule has 1 aromatic heterocycles. The van der Waals surface area contributed by atoms with Gasteiger partial charge in [0, 0.05) is 17.8 Å². The van der Waals surface area contributed by atoms with Crippen molar-refractivity contribution in [2.45, 2.75) is 38.4 Å². The lowest BCUT2D eigenvalue weighted by atomic mass is 10.1. The number of hydrogen-bond donors (Lipinski definition) is 2. The summed E-state index contributed by atoms with van der Waals surface area (Å²) in [7, 11) is 0. The number of rotatable bonds is 10. The van der Waals surface area contributed by atoms with Crippen molar-refractivity contribution in [3.8, 4) is 0 Å². The molecule has 3 aromatic carbocycles. The fourth-order valence-electron chi connectivity index (χ4n) is 3.83. The summed E-state index contributed by atoms with van der Waals surface area (Å²) in [4.78, 5) is 43.0. The summed E-state index contributed by atoms with van der Waals surface area (Å²) in [5.41, 5.74) is 3.77. The minimum Gasteiger partial charge on any atom is -0.352 e. The van der Waals surface area contributed by atoms with Crippen LogP contribution in [0.5, 0.6) is 0 Å². The smallest absolute Gasteiger partial charge is 0.262 e. The van der Waals surface area contributed by atoms with Crippen LogP contribution in [0.15, 0.2) is 82.7 Å². The summed E-state index contributed by atoms with van der Waals surface area (Å²) >= 11 is 1.22. The number of aromatic nitrogens is 2. The number of amides is 2. The first-order valence-corrected chi connectivity index (χ1v) is 13.3. The molecule has 0 bridgehead atoms. The van der Waals surface area contributed by atoms with Gasteiger partial charge in [0.1, 0.15) is 0 Å². The van der Waals surface area contributed by atoms with Crippen molar-refractivity contribution in [1.29, 1.82) is 0 Å². The largest absolute Gasteiger partial charge is 0.352 e. The van der Waals surface area contributed by atoms with Crippen LogP contribution >= 0.6 is 11.8 Å². The summed E-state index contributed by atoms with van der Waals surface area (Å²) in [5, 5.41) is 6.74. The number of benzene rings is 3. The molecule has 8 heteroatoms. The van der Waals surface area contributed by atoms with Crippen LogP contribution in [0.4, 0.5) is 5.69 Å². The fraction of sp³-hybridized carbons (Fsp3) is 0.241. The highest BCUT2D eigenvalue weighted by atomic mass is 32.2. The van der Waals surface area contributed by atoms with Crippen LogP contribution in [0.2, 0.25) is 0 Å². The quantitative estimate of drug-likeness (QED) is 0.232. The van der Waals surface area contributed by atoms with Crippen molar-refractivity contribution >= 4 is 40.2 Å². The molecule has 0 saturated heterocycles. The molecular formula is C29H30N4O3S. The highest BCUT2D eigenvalue weighted by Gasteiger charge is 2.14. The molecule has 2 N–H and O–H groups in total. The Kier molecular flexibility index (Phi) is 8.74. The Labute approximate surface area is 220 Å². The summed E-state index contributed by atoms with van der Waals surface area (Å²) in [5.74, 6) is -0.188. The van der Waals surface area contributed by atoms with Gasteiger partial charge in [0.15, 0.2) is 5.16 Å². The van der Waals surface area contributed by atoms with E-state index < -0.39 is 0 Å². The number of aryl methyl sites for hydroxylation is 1. The molecular weight excluding hydrogens is 484 g/mol. The normalized spacial score (nSPS) is 10.9. The average molecular weight is 515 g/mol. The van der Waals surface area contributed by atoms with E-state index in [-0.39, 0.29) is 29.7 Å². The maximum atomic E-state index is 13.4. The first-order chi connectivity index (χ1) is 18.0. The van der Waals surface area contributed by atoms with Crippen molar-refractivity contribution in [3.63, 3.8) is 0 Å². The number of nitrogens with zero attached hydrogens (tertiary/aromatic N) is 2. The van der Waals surface area contributed by atoms with E-state index in [1.807, 2.05) is 55.5 Å². The highest BCUT2D eigenvalue weighted by molar-refractivity contribution is 7.99. The number of carbonyl (C=O) groups is 2. The average Bonchev–Trinajstić information content (AvgIpc) is 2.93. The van der Waals surface area contributed by atoms with Crippen LogP contribution in [0.3, 0.4) is 0 Å². The minimum absolute atomic E-state index is 0.108. The van der Waals surface area contributed by atoms with Gasteiger partial charge in [0.2, 0.25) is 5.91 Å². The topological polar surface area (TPSA) is 93.1 Å². The lowest BCUT2D eigenvalue weighted by Crippen LogP contribution is -2.25. The van der Waals surface area contributed by atoms with Crippen LogP contribution < -0.4 is 16.2 Å². The second-order valence-electron chi connectivity index (χ2n) is 8.64. The van der Waals surface area contributed by atoms with Crippen LogP contribution in [-0.2, 0) is 17.8 Å². The zero-order valence-electron chi connectivity index (χ0n) is 21.0. The van der Waals surface area contributed by atoms with Gasteiger partial charge in [-0.3, -0.25) is 19.0 Å². The highest BCUT2D eigenvalue weighted by Crippen LogP contribution is 2.20. The zero-order valence-corrected chi connectivity index (χ0v) is 21.8. The fourth-order valence-corrected chi connectivity index (χ4v) is 4.63. The Balaban J connectivity index is 1.54. The zero-order chi connectivity index (χ0) is 26.2. The first kappa shape index (κ1) is 26.2. The number of para-hydroxylation sites is 1. The van der Waals surface area contributed by atoms with E-state index in [9.17, 15) is 14.4 Å². The molecule has 0 saturated carbocycles. The lowest BCUT2D eigenvalue weighted by Gasteiger charge is -2.14. The van der Waals surface area contributed by atoms with E-state index >= 15 is 0 Å². The van der Waals surface area contributed by atoms with Gasteiger partial charge in [0.25, 0.3) is 11.5 Å². The van der Waals surface area contributed by atoms with Crippen LogP contribution in [-0.4, -0.2) is 33.7 Å². The van der Waals surface area contributed by atoms with Gasteiger partial charge in [-0.05, 0) is 60.4 Å². The van der Waals surface area contributed by atoms with E-state index in [0.717, 1.165) is 24.1 Å². The molecule has 2 amide bonds. The standard InChI is InChI=1S/C29H30N4O3S/c1-3-17-30-27(35)22-13-9-21(10-14-22)18-33-28(36)24-7-5-6-8-25(24)32-29(33)37-19-26(34)31-23-15-11-20(4-2)12-16-23/h5-16H,3-4,17-19H2,1-2H3,(H,30,35)(H,31,34). The van der Waals surface area contributed by atoms with Crippen LogP contribution in [0.25, 0.3) is 10.9 Å². The number of anilines is 1. The minimum atomic E-state index is -0.175. The lowest BCUT2D eigenvalue weighted by molar-refractivity contribution is -0.113. The third-order valence-corrected chi connectivity index (χ3v) is 6.87. The van der Waals surface area contributed by atoms with Gasteiger partial charge in [-0.1, -0.05) is 62.0 Å². The molecule has 0 aliphatic rings. The van der Waals surface area contributed by atoms with Gasteiger partial charge in [0.05, 0.1) is 23.2 Å². The predicted molar refractivity (Wildman–Crippen MR) is 149 cm³/mol. The Bertz CT molecular complexity index is 1450. The Morgan fingerprint density at radius 3 is 2.32 bits per heavy atom. The maximum absolute atomic E-state index is 13.4. The molecule has 0 aliphatic heterocycles. The van der Waals surface area contributed by atoms with Crippen molar-refractivity contribution in [3.05, 3.63) is 99.8 Å². The molecule has 0 aliphatic carbocycles. The summed E-state index contributed by atoms with van der Waals surface area (Å²) < 4.78 is 1.59. The third-order valence-electron chi connectivity index (χ3n) is 5.90. The SMILES string of the molecule is CCCNC(=O)c1ccc(Cn2c(SCC(=O)Nc3ccc(CC)cc3)nc3ccccc3c2=O)cc1. The van der Waals surface area contributed by atoms with E-state index in [0.29, 0.717) is 28.2 Å². The molecule has 4 aromatic rings. The molecule has 4 rings (SSSR count). The second-order valence-corrected chi connectivity index (χ2v) is 9.59. The molecule has 0 unspecified atom stereocenters. The van der Waals surface area contributed by atoms with Crippen LogP contribution in [0, 0.1) is 0 Å². The monoisotopic (exact) mass is 514 g/mol. The molecule has 0 radical (unpaired) electrons. The number of thioether (sulfide) groups is 1. The van der Waals surface area contributed by atoms with Crippen LogP contribution in [0.1, 0.15) is 41.8 Å². The van der Waals surface area contributed by atoms with Gasteiger partial charge in [-0.15, -0.1) is 0 Å². The molecule has 0 atom stereocenters. The van der Waals surface area contributed by atoms with Gasteiger partial charge >= 0.3 is 0 Å². The number of nitrogens with one attached hydrogen (secondary N) is 2. The van der Waals surface area contributed by atoms with E-state index in [1.165, 1.54) is 17.3 Å².